The van der Waals surface area contributed by atoms with Crippen molar-refractivity contribution in [3.8, 4) is 5.75 Å². The molecular formula is C22H22N2O5S. The molecule has 1 aromatic heterocycles. The minimum absolute atomic E-state index is 0.165. The topological polar surface area (TPSA) is 88.9 Å². The van der Waals surface area contributed by atoms with E-state index < -0.39 is 10.0 Å². The first-order valence-electron chi connectivity index (χ1n) is 9.63. The van der Waals surface area contributed by atoms with Crippen molar-refractivity contribution in [2.24, 2.45) is 0 Å². The van der Waals surface area contributed by atoms with E-state index in [1.54, 1.807) is 47.4 Å². The smallest absolute Gasteiger partial charge is 0.293 e. The molecule has 0 saturated heterocycles. The van der Waals surface area contributed by atoms with Gasteiger partial charge in [-0.3, -0.25) is 9.52 Å². The van der Waals surface area contributed by atoms with Crippen molar-refractivity contribution in [2.45, 2.75) is 25.2 Å². The Kier molecular flexibility index (Phi) is 5.26. The van der Waals surface area contributed by atoms with Crippen LogP contribution in [0.4, 0.5) is 11.4 Å². The normalized spacial score (nSPS) is 13.2. The number of aryl methyl sites for hydroxylation is 1. The number of furan rings is 1. The predicted octanol–water partition coefficient (Wildman–Crippen LogP) is 3.99. The van der Waals surface area contributed by atoms with Crippen LogP contribution in [0.2, 0.25) is 0 Å². The maximum atomic E-state index is 12.8. The minimum atomic E-state index is -3.75. The number of carbonyl (C=O) groups is 1. The molecule has 0 unspecified atom stereocenters. The van der Waals surface area contributed by atoms with E-state index >= 15 is 0 Å². The van der Waals surface area contributed by atoms with Crippen molar-refractivity contribution in [3.63, 3.8) is 0 Å². The zero-order valence-electron chi connectivity index (χ0n) is 16.7. The van der Waals surface area contributed by atoms with Crippen molar-refractivity contribution in [2.75, 3.05) is 22.8 Å². The monoisotopic (exact) mass is 426 g/mol. The van der Waals surface area contributed by atoms with E-state index in [0.717, 1.165) is 16.8 Å². The first kappa shape index (κ1) is 20.0. The number of amides is 1. The van der Waals surface area contributed by atoms with E-state index in [-0.39, 0.29) is 16.6 Å². The summed E-state index contributed by atoms with van der Waals surface area (Å²) in [4.78, 5) is 14.4. The van der Waals surface area contributed by atoms with Crippen LogP contribution in [0, 0.1) is 6.92 Å². The molecule has 1 aliphatic rings. The Labute approximate surface area is 175 Å². The third kappa shape index (κ3) is 3.78. The highest BCUT2D eigenvalue weighted by Crippen LogP contribution is 2.32. The standard InChI is InChI=1S/C22H22N2O5S/c1-3-28-20-9-7-18(13-15(20)2)30(26,27)23-17-6-8-19-16(14-17)10-11-24(19)22(25)21-5-4-12-29-21/h4-9,12-14,23H,3,10-11H2,1-2H3. The lowest BCUT2D eigenvalue weighted by Gasteiger charge is -2.16. The van der Waals surface area contributed by atoms with Crippen LogP contribution in [0.25, 0.3) is 0 Å². The van der Waals surface area contributed by atoms with Crippen LogP contribution < -0.4 is 14.4 Å². The number of anilines is 2. The van der Waals surface area contributed by atoms with Gasteiger partial charge >= 0.3 is 0 Å². The molecule has 8 heteroatoms. The highest BCUT2D eigenvalue weighted by atomic mass is 32.2. The van der Waals surface area contributed by atoms with Crippen LogP contribution >= 0.6 is 0 Å². The summed E-state index contributed by atoms with van der Waals surface area (Å²) in [6.07, 6.45) is 2.10. The van der Waals surface area contributed by atoms with E-state index in [1.807, 2.05) is 13.8 Å². The van der Waals surface area contributed by atoms with Crippen LogP contribution in [0.3, 0.4) is 0 Å². The Balaban J connectivity index is 1.55. The first-order chi connectivity index (χ1) is 14.4. The number of fused-ring (bicyclic) bond motifs is 1. The first-order valence-corrected chi connectivity index (χ1v) is 11.1. The van der Waals surface area contributed by atoms with Gasteiger partial charge in [0.15, 0.2) is 5.76 Å². The number of sulfonamides is 1. The van der Waals surface area contributed by atoms with Crippen molar-refractivity contribution in [1.29, 1.82) is 0 Å². The summed E-state index contributed by atoms with van der Waals surface area (Å²) in [7, 11) is -3.75. The second-order valence-electron chi connectivity index (χ2n) is 6.99. The molecule has 156 valence electrons. The van der Waals surface area contributed by atoms with E-state index in [0.29, 0.717) is 31.0 Å². The van der Waals surface area contributed by atoms with Gasteiger partial charge in [0.25, 0.3) is 15.9 Å². The molecule has 0 spiro atoms. The van der Waals surface area contributed by atoms with Crippen molar-refractivity contribution < 1.29 is 22.4 Å². The average Bonchev–Trinajstić information content (AvgIpc) is 3.38. The summed E-state index contributed by atoms with van der Waals surface area (Å²) in [6, 6.07) is 13.3. The molecule has 0 saturated carbocycles. The van der Waals surface area contributed by atoms with E-state index in [1.165, 1.54) is 12.3 Å². The number of ether oxygens (including phenoxy) is 1. The quantitative estimate of drug-likeness (QED) is 0.644. The van der Waals surface area contributed by atoms with Crippen molar-refractivity contribution in [1.82, 2.24) is 0 Å². The zero-order valence-corrected chi connectivity index (χ0v) is 17.5. The summed E-state index contributed by atoms with van der Waals surface area (Å²) in [5.74, 6) is 0.728. The van der Waals surface area contributed by atoms with Crippen molar-refractivity contribution in [3.05, 3.63) is 71.7 Å². The summed E-state index contributed by atoms with van der Waals surface area (Å²) in [6.45, 7) is 4.72. The van der Waals surface area contributed by atoms with Gasteiger partial charge in [0.05, 0.1) is 17.8 Å². The number of hydrogen-bond acceptors (Lipinski definition) is 5. The van der Waals surface area contributed by atoms with Gasteiger partial charge in [-0.15, -0.1) is 0 Å². The SMILES string of the molecule is CCOc1ccc(S(=O)(=O)Nc2ccc3c(c2)CCN3C(=O)c2ccco2)cc1C. The second kappa shape index (κ2) is 7.87. The second-order valence-corrected chi connectivity index (χ2v) is 8.68. The Morgan fingerprint density at radius 3 is 2.73 bits per heavy atom. The lowest BCUT2D eigenvalue weighted by molar-refractivity contribution is 0.0963. The molecule has 2 aromatic carbocycles. The average molecular weight is 426 g/mol. The van der Waals surface area contributed by atoms with Gasteiger partial charge in [0.1, 0.15) is 5.75 Å². The van der Waals surface area contributed by atoms with Crippen LogP contribution in [0.15, 0.2) is 64.1 Å². The lowest BCUT2D eigenvalue weighted by atomic mass is 10.1. The molecule has 30 heavy (non-hydrogen) atoms. The number of nitrogens with one attached hydrogen (secondary N) is 1. The molecule has 3 aromatic rings. The van der Waals surface area contributed by atoms with Gasteiger partial charge in [-0.2, -0.15) is 0 Å². The molecular weight excluding hydrogens is 404 g/mol. The molecule has 0 bridgehead atoms. The molecule has 0 radical (unpaired) electrons. The van der Waals surface area contributed by atoms with E-state index in [4.69, 9.17) is 9.15 Å². The summed E-state index contributed by atoms with van der Waals surface area (Å²) in [5, 5.41) is 0. The Bertz CT molecular complexity index is 1190. The molecule has 7 nitrogen and oxygen atoms in total. The number of nitrogens with zero attached hydrogens (tertiary/aromatic N) is 1. The molecule has 4 rings (SSSR count). The molecule has 0 fully saturated rings. The third-order valence-corrected chi connectivity index (χ3v) is 6.34. The fraction of sp³-hybridized carbons (Fsp3) is 0.227. The van der Waals surface area contributed by atoms with Gasteiger partial charge < -0.3 is 14.1 Å². The number of benzene rings is 2. The fourth-order valence-electron chi connectivity index (χ4n) is 3.53. The Morgan fingerprint density at radius 2 is 2.03 bits per heavy atom. The maximum absolute atomic E-state index is 12.8. The molecule has 0 atom stereocenters. The van der Waals surface area contributed by atoms with Gasteiger partial charge in [0.2, 0.25) is 0 Å². The molecule has 2 heterocycles. The molecule has 0 aliphatic carbocycles. The predicted molar refractivity (Wildman–Crippen MR) is 114 cm³/mol. The zero-order chi connectivity index (χ0) is 21.3. The highest BCUT2D eigenvalue weighted by Gasteiger charge is 2.27. The van der Waals surface area contributed by atoms with Crippen LogP contribution in [-0.4, -0.2) is 27.5 Å². The van der Waals surface area contributed by atoms with Gasteiger partial charge in [-0.05, 0) is 79.9 Å². The molecule has 1 N–H and O–H groups in total. The lowest BCUT2D eigenvalue weighted by Crippen LogP contribution is -2.28. The Hall–Kier alpha value is -3.26. The van der Waals surface area contributed by atoms with Crippen molar-refractivity contribution >= 4 is 27.3 Å². The summed E-state index contributed by atoms with van der Waals surface area (Å²) in [5.41, 5.74) is 2.86. The minimum Gasteiger partial charge on any atom is -0.494 e. The molecule has 1 aliphatic heterocycles. The fourth-order valence-corrected chi connectivity index (χ4v) is 4.66. The number of carbonyl (C=O) groups excluding carboxylic acids is 1. The van der Waals surface area contributed by atoms with E-state index in [9.17, 15) is 13.2 Å². The van der Waals surface area contributed by atoms with Crippen LogP contribution in [0.5, 0.6) is 5.75 Å². The number of hydrogen-bond donors (Lipinski definition) is 1. The third-order valence-electron chi connectivity index (χ3n) is 4.96. The number of rotatable bonds is 6. The van der Waals surface area contributed by atoms with E-state index in [2.05, 4.69) is 4.72 Å². The Morgan fingerprint density at radius 1 is 1.20 bits per heavy atom. The van der Waals surface area contributed by atoms with Gasteiger partial charge in [0, 0.05) is 17.9 Å². The van der Waals surface area contributed by atoms with Crippen LogP contribution in [0.1, 0.15) is 28.6 Å². The van der Waals surface area contributed by atoms with Crippen LogP contribution in [-0.2, 0) is 16.4 Å². The maximum Gasteiger partial charge on any atom is 0.293 e. The summed E-state index contributed by atoms with van der Waals surface area (Å²) < 4.78 is 38.9. The largest absolute Gasteiger partial charge is 0.494 e. The molecule has 1 amide bonds. The summed E-state index contributed by atoms with van der Waals surface area (Å²) >= 11 is 0. The van der Waals surface area contributed by atoms with Gasteiger partial charge in [-0.1, -0.05) is 0 Å². The highest BCUT2D eigenvalue weighted by molar-refractivity contribution is 7.92. The van der Waals surface area contributed by atoms with Gasteiger partial charge in [-0.25, -0.2) is 8.42 Å².